The summed E-state index contributed by atoms with van der Waals surface area (Å²) in [5.41, 5.74) is 0.400. The first-order chi connectivity index (χ1) is 6.47. The minimum atomic E-state index is 0.400. The number of ether oxygens (including phenoxy) is 1. The van der Waals surface area contributed by atoms with E-state index >= 15 is 0 Å². The topological polar surface area (TPSA) is 9.23 Å². The van der Waals surface area contributed by atoms with Crippen LogP contribution < -0.4 is 4.74 Å². The fraction of sp³-hybridized carbons (Fsp3) is 0.667. The quantitative estimate of drug-likeness (QED) is 0.727. The number of hydrogen-bond acceptors (Lipinski definition) is 2. The van der Waals surface area contributed by atoms with Crippen LogP contribution >= 0.6 is 11.3 Å². The summed E-state index contributed by atoms with van der Waals surface area (Å²) in [5.74, 6) is 1.63. The minimum absolute atomic E-state index is 0.400. The van der Waals surface area contributed by atoms with Crippen LogP contribution in [0, 0.1) is 11.3 Å². The Bertz CT molecular complexity index is 246. The Morgan fingerprint density at radius 2 is 2.14 bits per heavy atom. The van der Waals surface area contributed by atoms with Crippen molar-refractivity contribution in [2.75, 3.05) is 6.61 Å². The fourth-order valence-electron chi connectivity index (χ4n) is 1.68. The molecule has 0 fully saturated rings. The van der Waals surface area contributed by atoms with Gasteiger partial charge in [0.05, 0.1) is 6.61 Å². The van der Waals surface area contributed by atoms with Crippen LogP contribution in [0.25, 0.3) is 0 Å². The van der Waals surface area contributed by atoms with Gasteiger partial charge in [-0.15, -0.1) is 11.3 Å². The van der Waals surface area contributed by atoms with Crippen LogP contribution in [-0.4, -0.2) is 6.61 Å². The molecule has 2 heteroatoms. The molecule has 0 saturated heterocycles. The van der Waals surface area contributed by atoms with E-state index in [1.54, 1.807) is 11.3 Å². The third-order valence-electron chi connectivity index (χ3n) is 1.99. The van der Waals surface area contributed by atoms with Crippen molar-refractivity contribution >= 4 is 11.3 Å². The summed E-state index contributed by atoms with van der Waals surface area (Å²) < 4.78 is 5.66. The van der Waals surface area contributed by atoms with Crippen LogP contribution in [0.5, 0.6) is 5.75 Å². The molecular weight excluding hydrogens is 192 g/mol. The van der Waals surface area contributed by atoms with E-state index in [0.29, 0.717) is 11.3 Å². The van der Waals surface area contributed by atoms with Gasteiger partial charge >= 0.3 is 0 Å². The molecule has 0 aliphatic rings. The van der Waals surface area contributed by atoms with Crippen LogP contribution in [0.15, 0.2) is 16.8 Å². The molecule has 1 heterocycles. The van der Waals surface area contributed by atoms with Crippen molar-refractivity contribution in [3.8, 4) is 5.75 Å². The minimum Gasteiger partial charge on any atom is -0.492 e. The van der Waals surface area contributed by atoms with Gasteiger partial charge in [-0.2, -0.15) is 0 Å². The van der Waals surface area contributed by atoms with Gasteiger partial charge in [0.1, 0.15) is 5.75 Å². The summed E-state index contributed by atoms with van der Waals surface area (Å²) in [7, 11) is 0. The molecule has 14 heavy (non-hydrogen) atoms. The molecule has 1 rings (SSSR count). The van der Waals surface area contributed by atoms with Crippen LogP contribution in [0.1, 0.15) is 34.1 Å². The molecule has 0 bridgehead atoms. The summed E-state index contributed by atoms with van der Waals surface area (Å²) in [4.78, 5) is 0. The number of hydrogen-bond donors (Lipinski definition) is 0. The van der Waals surface area contributed by atoms with E-state index in [-0.39, 0.29) is 0 Å². The molecule has 0 saturated carbocycles. The van der Waals surface area contributed by atoms with Crippen LogP contribution in [0.4, 0.5) is 0 Å². The SMILES string of the molecule is CC(COc1ccsc1)CC(C)(C)C. The highest BCUT2D eigenvalue weighted by atomic mass is 32.1. The van der Waals surface area contributed by atoms with E-state index in [4.69, 9.17) is 4.74 Å². The Balaban J connectivity index is 2.25. The second-order valence-corrected chi connectivity index (χ2v) is 5.92. The molecule has 1 nitrogen and oxygen atoms in total. The molecule has 1 aromatic rings. The normalized spacial score (nSPS) is 14.0. The standard InChI is InChI=1S/C12H20OS/c1-10(7-12(2,3)4)8-13-11-5-6-14-9-11/h5-6,9-10H,7-8H2,1-4H3. The molecule has 0 spiro atoms. The summed E-state index contributed by atoms with van der Waals surface area (Å²) in [6.07, 6.45) is 1.21. The van der Waals surface area contributed by atoms with E-state index in [1.807, 2.05) is 16.8 Å². The smallest absolute Gasteiger partial charge is 0.129 e. The summed E-state index contributed by atoms with van der Waals surface area (Å²) >= 11 is 1.68. The van der Waals surface area contributed by atoms with Crippen molar-refractivity contribution in [3.05, 3.63) is 16.8 Å². The molecule has 0 aliphatic heterocycles. The van der Waals surface area contributed by atoms with Crippen LogP contribution in [0.2, 0.25) is 0 Å². The molecule has 80 valence electrons. The molecule has 1 aromatic heterocycles. The largest absolute Gasteiger partial charge is 0.492 e. The van der Waals surface area contributed by atoms with Gasteiger partial charge in [0.15, 0.2) is 0 Å². The third-order valence-corrected chi connectivity index (χ3v) is 2.65. The van der Waals surface area contributed by atoms with Crippen molar-refractivity contribution < 1.29 is 4.74 Å². The zero-order valence-electron chi connectivity index (χ0n) is 9.54. The van der Waals surface area contributed by atoms with E-state index in [0.717, 1.165) is 12.4 Å². The molecule has 0 aromatic carbocycles. The fourth-order valence-corrected chi connectivity index (χ4v) is 2.25. The average molecular weight is 212 g/mol. The lowest BCUT2D eigenvalue weighted by molar-refractivity contribution is 0.208. The van der Waals surface area contributed by atoms with Gasteiger partial charge in [0.25, 0.3) is 0 Å². The Hall–Kier alpha value is -0.500. The maximum absolute atomic E-state index is 5.66. The van der Waals surface area contributed by atoms with E-state index in [1.165, 1.54) is 6.42 Å². The first-order valence-electron chi connectivity index (χ1n) is 5.12. The second-order valence-electron chi connectivity index (χ2n) is 5.14. The van der Waals surface area contributed by atoms with E-state index in [9.17, 15) is 0 Å². The zero-order chi connectivity index (χ0) is 10.6. The Morgan fingerprint density at radius 1 is 1.43 bits per heavy atom. The van der Waals surface area contributed by atoms with Gasteiger partial charge in [-0.25, -0.2) is 0 Å². The maximum atomic E-state index is 5.66. The van der Waals surface area contributed by atoms with Gasteiger partial charge in [-0.3, -0.25) is 0 Å². The molecular formula is C12H20OS. The first-order valence-corrected chi connectivity index (χ1v) is 6.07. The van der Waals surface area contributed by atoms with Crippen molar-refractivity contribution in [2.45, 2.75) is 34.1 Å². The van der Waals surface area contributed by atoms with Gasteiger partial charge in [-0.1, -0.05) is 27.7 Å². The lowest BCUT2D eigenvalue weighted by Crippen LogP contribution is -2.16. The predicted molar refractivity (Wildman–Crippen MR) is 63.1 cm³/mol. The highest BCUT2D eigenvalue weighted by molar-refractivity contribution is 7.08. The number of rotatable bonds is 4. The maximum Gasteiger partial charge on any atom is 0.129 e. The van der Waals surface area contributed by atoms with Crippen LogP contribution in [0.3, 0.4) is 0 Å². The van der Waals surface area contributed by atoms with Gasteiger partial charge in [-0.05, 0) is 29.2 Å². The van der Waals surface area contributed by atoms with Gasteiger partial charge < -0.3 is 4.74 Å². The van der Waals surface area contributed by atoms with E-state index < -0.39 is 0 Å². The number of thiophene rings is 1. The van der Waals surface area contributed by atoms with Gasteiger partial charge in [0, 0.05) is 5.38 Å². The third kappa shape index (κ3) is 4.66. The van der Waals surface area contributed by atoms with Gasteiger partial charge in [0.2, 0.25) is 0 Å². The molecule has 1 unspecified atom stereocenters. The molecule has 0 radical (unpaired) electrons. The lowest BCUT2D eigenvalue weighted by Gasteiger charge is -2.23. The predicted octanol–water partition coefficient (Wildman–Crippen LogP) is 4.20. The highest BCUT2D eigenvalue weighted by Crippen LogP contribution is 2.25. The Morgan fingerprint density at radius 3 is 2.64 bits per heavy atom. The highest BCUT2D eigenvalue weighted by Gasteiger charge is 2.15. The Labute approximate surface area is 91.1 Å². The first kappa shape index (κ1) is 11.6. The van der Waals surface area contributed by atoms with Crippen molar-refractivity contribution in [3.63, 3.8) is 0 Å². The lowest BCUT2D eigenvalue weighted by atomic mass is 9.86. The zero-order valence-corrected chi connectivity index (χ0v) is 10.4. The van der Waals surface area contributed by atoms with Crippen molar-refractivity contribution in [1.29, 1.82) is 0 Å². The van der Waals surface area contributed by atoms with Crippen LogP contribution in [-0.2, 0) is 0 Å². The average Bonchev–Trinajstić information content (AvgIpc) is 2.49. The summed E-state index contributed by atoms with van der Waals surface area (Å²) in [6.45, 7) is 9.89. The molecule has 1 atom stereocenters. The molecule has 0 N–H and O–H groups in total. The molecule has 0 amide bonds. The molecule has 0 aliphatic carbocycles. The van der Waals surface area contributed by atoms with E-state index in [2.05, 4.69) is 27.7 Å². The monoisotopic (exact) mass is 212 g/mol. The van der Waals surface area contributed by atoms with Crippen molar-refractivity contribution in [1.82, 2.24) is 0 Å². The second kappa shape index (κ2) is 4.83. The summed E-state index contributed by atoms with van der Waals surface area (Å²) in [6, 6.07) is 2.02. The summed E-state index contributed by atoms with van der Waals surface area (Å²) in [5, 5.41) is 4.09. The Kier molecular flexibility index (Phi) is 3.99. The van der Waals surface area contributed by atoms with Crippen molar-refractivity contribution in [2.24, 2.45) is 11.3 Å².